The van der Waals surface area contributed by atoms with Crippen LogP contribution < -0.4 is 15.4 Å². The number of nitrogens with one attached hydrogen (secondary N) is 2. The zero-order valence-corrected chi connectivity index (χ0v) is 16.0. The van der Waals surface area contributed by atoms with Gasteiger partial charge in [-0.2, -0.15) is 0 Å². The van der Waals surface area contributed by atoms with Crippen molar-refractivity contribution in [3.05, 3.63) is 51.7 Å². The van der Waals surface area contributed by atoms with Gasteiger partial charge < -0.3 is 15.4 Å². The first-order valence-corrected chi connectivity index (χ1v) is 8.96. The Labute approximate surface area is 149 Å². The smallest absolute Gasteiger partial charge is 0.191 e. The van der Waals surface area contributed by atoms with E-state index in [0.717, 1.165) is 24.8 Å². The summed E-state index contributed by atoms with van der Waals surface area (Å²) in [5.74, 6) is 1.70. The lowest BCUT2D eigenvalue weighted by atomic mass is 9.84. The van der Waals surface area contributed by atoms with Crippen LogP contribution in [-0.4, -0.2) is 26.7 Å². The molecular formula is C19H27N3OS. The van der Waals surface area contributed by atoms with Crippen LogP contribution in [0.25, 0.3) is 0 Å². The SMILES string of the molecule is CN=C(NCc1sccc1C)NCC(C)(C)c1ccc(OC)cc1. The number of hydrogen-bond donors (Lipinski definition) is 2. The molecule has 0 aliphatic carbocycles. The third-order valence-corrected chi connectivity index (χ3v) is 5.20. The fourth-order valence-corrected chi connectivity index (χ4v) is 3.26. The minimum Gasteiger partial charge on any atom is -0.497 e. The maximum absolute atomic E-state index is 5.23. The van der Waals surface area contributed by atoms with Gasteiger partial charge in [-0.1, -0.05) is 26.0 Å². The first kappa shape index (κ1) is 18.3. The van der Waals surface area contributed by atoms with Crippen molar-refractivity contribution in [2.45, 2.75) is 32.7 Å². The first-order valence-electron chi connectivity index (χ1n) is 8.08. The van der Waals surface area contributed by atoms with Crippen molar-refractivity contribution in [1.82, 2.24) is 10.6 Å². The summed E-state index contributed by atoms with van der Waals surface area (Å²) in [6, 6.07) is 10.4. The molecule has 1 aromatic carbocycles. The summed E-state index contributed by atoms with van der Waals surface area (Å²) in [6.45, 7) is 8.17. The van der Waals surface area contributed by atoms with Crippen LogP contribution in [0.5, 0.6) is 5.75 Å². The molecule has 5 heteroatoms. The summed E-state index contributed by atoms with van der Waals surface area (Å²) in [6.07, 6.45) is 0. The fraction of sp³-hybridized carbons (Fsp3) is 0.421. The molecular weight excluding hydrogens is 318 g/mol. The Bertz CT molecular complexity index is 674. The van der Waals surface area contributed by atoms with Gasteiger partial charge in [-0.05, 0) is 41.6 Å². The number of benzene rings is 1. The molecule has 4 nitrogen and oxygen atoms in total. The zero-order chi connectivity index (χ0) is 17.6. The maximum Gasteiger partial charge on any atom is 0.191 e. The van der Waals surface area contributed by atoms with Crippen LogP contribution in [0.4, 0.5) is 0 Å². The third kappa shape index (κ3) is 4.74. The quantitative estimate of drug-likeness (QED) is 0.620. The summed E-state index contributed by atoms with van der Waals surface area (Å²) in [7, 11) is 3.49. The Balaban J connectivity index is 1.92. The van der Waals surface area contributed by atoms with Crippen molar-refractivity contribution in [2.75, 3.05) is 20.7 Å². The van der Waals surface area contributed by atoms with Crippen LogP contribution in [-0.2, 0) is 12.0 Å². The summed E-state index contributed by atoms with van der Waals surface area (Å²) in [5.41, 5.74) is 2.57. The Kier molecular flexibility index (Phi) is 6.26. The van der Waals surface area contributed by atoms with Gasteiger partial charge in [0.2, 0.25) is 0 Å². The molecule has 1 aromatic heterocycles. The van der Waals surface area contributed by atoms with Gasteiger partial charge in [0.25, 0.3) is 0 Å². The average Bonchev–Trinajstić information content (AvgIpc) is 3.00. The van der Waals surface area contributed by atoms with Gasteiger partial charge in [-0.25, -0.2) is 0 Å². The van der Waals surface area contributed by atoms with E-state index in [9.17, 15) is 0 Å². The second-order valence-corrected chi connectivity index (χ2v) is 7.42. The molecule has 130 valence electrons. The highest BCUT2D eigenvalue weighted by Crippen LogP contribution is 2.24. The fourth-order valence-electron chi connectivity index (χ4n) is 2.42. The molecule has 0 aliphatic rings. The average molecular weight is 346 g/mol. The monoisotopic (exact) mass is 345 g/mol. The standard InChI is InChI=1S/C19H27N3OS/c1-14-10-11-24-17(14)12-21-18(20-4)22-13-19(2,3)15-6-8-16(23-5)9-7-15/h6-11H,12-13H2,1-5H3,(H2,20,21,22). The number of guanidine groups is 1. The molecule has 0 spiro atoms. The second-order valence-electron chi connectivity index (χ2n) is 6.42. The second kappa shape index (κ2) is 8.20. The number of thiophene rings is 1. The van der Waals surface area contributed by atoms with Crippen molar-refractivity contribution >= 4 is 17.3 Å². The summed E-state index contributed by atoms with van der Waals surface area (Å²) in [4.78, 5) is 5.66. The Morgan fingerprint density at radius 1 is 1.17 bits per heavy atom. The predicted octanol–water partition coefficient (Wildman–Crippen LogP) is 3.71. The van der Waals surface area contributed by atoms with Crippen LogP contribution in [0.3, 0.4) is 0 Å². The molecule has 0 atom stereocenters. The van der Waals surface area contributed by atoms with E-state index in [2.05, 4.69) is 60.0 Å². The van der Waals surface area contributed by atoms with Gasteiger partial charge in [0, 0.05) is 23.9 Å². The van der Waals surface area contributed by atoms with Gasteiger partial charge in [-0.15, -0.1) is 11.3 Å². The molecule has 2 N–H and O–H groups in total. The van der Waals surface area contributed by atoms with Gasteiger partial charge >= 0.3 is 0 Å². The Morgan fingerprint density at radius 2 is 1.88 bits per heavy atom. The van der Waals surface area contributed by atoms with Crippen molar-refractivity contribution in [3.63, 3.8) is 0 Å². The Morgan fingerprint density at radius 3 is 2.42 bits per heavy atom. The lowest BCUT2D eigenvalue weighted by Crippen LogP contribution is -2.43. The number of nitrogens with zero attached hydrogens (tertiary/aromatic N) is 1. The van der Waals surface area contributed by atoms with Gasteiger partial charge in [0.1, 0.15) is 5.75 Å². The normalized spacial score (nSPS) is 12.1. The van der Waals surface area contributed by atoms with E-state index >= 15 is 0 Å². The van der Waals surface area contributed by atoms with E-state index in [1.54, 1.807) is 25.5 Å². The molecule has 0 radical (unpaired) electrons. The number of aryl methyl sites for hydroxylation is 1. The van der Waals surface area contributed by atoms with Crippen LogP contribution in [0.1, 0.15) is 29.9 Å². The van der Waals surface area contributed by atoms with Crippen molar-refractivity contribution in [2.24, 2.45) is 4.99 Å². The van der Waals surface area contributed by atoms with Crippen LogP contribution >= 0.6 is 11.3 Å². The molecule has 0 saturated heterocycles. The van der Waals surface area contributed by atoms with E-state index in [4.69, 9.17) is 4.74 Å². The molecule has 1 heterocycles. The van der Waals surface area contributed by atoms with Crippen molar-refractivity contribution in [3.8, 4) is 5.75 Å². The van der Waals surface area contributed by atoms with E-state index in [0.29, 0.717) is 0 Å². The maximum atomic E-state index is 5.23. The number of rotatable bonds is 6. The van der Waals surface area contributed by atoms with Gasteiger partial charge in [0.15, 0.2) is 5.96 Å². The van der Waals surface area contributed by atoms with Gasteiger partial charge in [-0.3, -0.25) is 4.99 Å². The summed E-state index contributed by atoms with van der Waals surface area (Å²) >= 11 is 1.77. The van der Waals surface area contributed by atoms with Crippen LogP contribution in [0.15, 0.2) is 40.7 Å². The minimum atomic E-state index is -0.0112. The molecule has 0 amide bonds. The van der Waals surface area contributed by atoms with Gasteiger partial charge in [0.05, 0.1) is 13.7 Å². The molecule has 0 fully saturated rings. The van der Waals surface area contributed by atoms with E-state index < -0.39 is 0 Å². The van der Waals surface area contributed by atoms with Crippen molar-refractivity contribution in [1.29, 1.82) is 0 Å². The molecule has 2 rings (SSSR count). The largest absolute Gasteiger partial charge is 0.497 e. The molecule has 2 aromatic rings. The molecule has 0 bridgehead atoms. The molecule has 0 saturated carbocycles. The minimum absolute atomic E-state index is 0.0112. The zero-order valence-electron chi connectivity index (χ0n) is 15.1. The topological polar surface area (TPSA) is 45.7 Å². The lowest BCUT2D eigenvalue weighted by molar-refractivity contribution is 0.414. The third-order valence-electron chi connectivity index (χ3n) is 4.18. The summed E-state index contributed by atoms with van der Waals surface area (Å²) in [5, 5.41) is 8.94. The van der Waals surface area contributed by atoms with Crippen molar-refractivity contribution < 1.29 is 4.74 Å². The summed E-state index contributed by atoms with van der Waals surface area (Å²) < 4.78 is 5.23. The number of hydrogen-bond acceptors (Lipinski definition) is 3. The van der Waals surface area contributed by atoms with Crippen LogP contribution in [0.2, 0.25) is 0 Å². The highest BCUT2D eigenvalue weighted by atomic mass is 32.1. The molecule has 0 unspecified atom stereocenters. The van der Waals surface area contributed by atoms with E-state index in [1.165, 1.54) is 16.0 Å². The van der Waals surface area contributed by atoms with Crippen LogP contribution in [0, 0.1) is 6.92 Å². The lowest BCUT2D eigenvalue weighted by Gasteiger charge is -2.27. The molecule has 0 aliphatic heterocycles. The number of aliphatic imine (C=N–C) groups is 1. The Hall–Kier alpha value is -2.01. The highest BCUT2D eigenvalue weighted by Gasteiger charge is 2.21. The first-order chi connectivity index (χ1) is 11.5. The van der Waals surface area contributed by atoms with E-state index in [-0.39, 0.29) is 5.41 Å². The number of methoxy groups -OCH3 is 1. The highest BCUT2D eigenvalue weighted by molar-refractivity contribution is 7.10. The number of ether oxygens (including phenoxy) is 1. The predicted molar refractivity (Wildman–Crippen MR) is 103 cm³/mol. The van der Waals surface area contributed by atoms with E-state index in [1.807, 2.05) is 12.1 Å². The molecule has 24 heavy (non-hydrogen) atoms.